The molecule has 5 heteroatoms. The van der Waals surface area contributed by atoms with Crippen molar-refractivity contribution in [3.8, 4) is 10.6 Å². The maximum Gasteiger partial charge on any atom is 0.238 e. The van der Waals surface area contributed by atoms with Crippen LogP contribution in [0.4, 0.5) is 5.69 Å². The lowest BCUT2D eigenvalue weighted by Crippen LogP contribution is -2.30. The van der Waals surface area contributed by atoms with Gasteiger partial charge in [-0.2, -0.15) is 0 Å². The van der Waals surface area contributed by atoms with E-state index in [0.717, 1.165) is 20.8 Å². The van der Waals surface area contributed by atoms with Crippen molar-refractivity contribution in [3.63, 3.8) is 0 Å². The van der Waals surface area contributed by atoms with Gasteiger partial charge in [-0.1, -0.05) is 18.2 Å². The lowest BCUT2D eigenvalue weighted by atomic mass is 9.85. The Morgan fingerprint density at radius 3 is 2.30 bits per heavy atom. The third kappa shape index (κ3) is 2.61. The average Bonchev–Trinajstić information content (AvgIpc) is 3.21. The van der Waals surface area contributed by atoms with Gasteiger partial charge in [0.25, 0.3) is 0 Å². The van der Waals surface area contributed by atoms with E-state index in [-0.39, 0.29) is 23.7 Å². The van der Waals surface area contributed by atoms with Crippen LogP contribution in [-0.4, -0.2) is 16.8 Å². The summed E-state index contributed by atoms with van der Waals surface area (Å²) < 4.78 is 1.15. The number of rotatable bonds is 2. The number of allylic oxidation sites excluding steroid dienone is 2. The molecule has 5 rings (SSSR count). The Bertz CT molecular complexity index is 1070. The van der Waals surface area contributed by atoms with Gasteiger partial charge >= 0.3 is 0 Å². The Balaban J connectivity index is 1.46. The van der Waals surface area contributed by atoms with Crippen molar-refractivity contribution in [1.82, 2.24) is 4.98 Å². The van der Waals surface area contributed by atoms with Gasteiger partial charge in [0.15, 0.2) is 0 Å². The molecule has 0 bridgehead atoms. The largest absolute Gasteiger partial charge is 0.274 e. The van der Waals surface area contributed by atoms with Crippen molar-refractivity contribution in [2.75, 3.05) is 4.90 Å². The fraction of sp³-hybridized carbons (Fsp3) is 0.227. The van der Waals surface area contributed by atoms with Gasteiger partial charge in [-0.3, -0.25) is 14.5 Å². The molecule has 1 saturated heterocycles. The van der Waals surface area contributed by atoms with Gasteiger partial charge in [0, 0.05) is 5.56 Å². The van der Waals surface area contributed by atoms with Crippen LogP contribution in [0.15, 0.2) is 54.6 Å². The molecule has 1 fully saturated rings. The van der Waals surface area contributed by atoms with E-state index in [0.29, 0.717) is 18.5 Å². The maximum absolute atomic E-state index is 12.7. The average molecular weight is 374 g/mol. The van der Waals surface area contributed by atoms with Crippen molar-refractivity contribution >= 4 is 39.1 Å². The van der Waals surface area contributed by atoms with Crippen molar-refractivity contribution in [1.29, 1.82) is 0 Å². The smallest absolute Gasteiger partial charge is 0.238 e. The fourth-order valence-corrected chi connectivity index (χ4v) is 4.92. The molecule has 4 nitrogen and oxygen atoms in total. The highest BCUT2D eigenvalue weighted by Gasteiger charge is 2.47. The molecule has 27 heavy (non-hydrogen) atoms. The summed E-state index contributed by atoms with van der Waals surface area (Å²) in [6.07, 6.45) is 5.34. The zero-order valence-electron chi connectivity index (χ0n) is 14.9. The first-order chi connectivity index (χ1) is 13.1. The number of hydrogen-bond donors (Lipinski definition) is 0. The molecule has 0 spiro atoms. The zero-order chi connectivity index (χ0) is 18.5. The minimum absolute atomic E-state index is 0.0717. The number of carbonyl (C=O) groups is 2. The van der Waals surface area contributed by atoms with Gasteiger partial charge < -0.3 is 0 Å². The van der Waals surface area contributed by atoms with Crippen molar-refractivity contribution < 1.29 is 9.59 Å². The first kappa shape index (κ1) is 16.4. The minimum atomic E-state index is -0.199. The molecule has 134 valence electrons. The Morgan fingerprint density at radius 1 is 0.963 bits per heavy atom. The number of imide groups is 1. The van der Waals surface area contributed by atoms with Crippen LogP contribution < -0.4 is 4.90 Å². The number of carbonyl (C=O) groups excluding carboxylic acids is 2. The van der Waals surface area contributed by atoms with Crippen molar-refractivity contribution in [3.05, 3.63) is 60.2 Å². The van der Waals surface area contributed by atoms with E-state index < -0.39 is 0 Å². The third-order valence-corrected chi connectivity index (χ3v) is 6.51. The summed E-state index contributed by atoms with van der Waals surface area (Å²) in [4.78, 5) is 31.5. The molecule has 1 aromatic heterocycles. The molecule has 2 heterocycles. The molecule has 2 atom stereocenters. The Kier molecular flexibility index (Phi) is 3.72. The number of hydrogen-bond acceptors (Lipinski definition) is 4. The van der Waals surface area contributed by atoms with E-state index in [1.165, 1.54) is 10.5 Å². The Labute approximate surface area is 161 Å². The number of thiazole rings is 1. The van der Waals surface area contributed by atoms with Crippen molar-refractivity contribution in [2.45, 2.75) is 19.8 Å². The van der Waals surface area contributed by atoms with Crippen LogP contribution in [0.1, 0.15) is 18.4 Å². The molecule has 1 aliphatic heterocycles. The monoisotopic (exact) mass is 374 g/mol. The van der Waals surface area contributed by atoms with Crippen LogP contribution in [0.5, 0.6) is 0 Å². The summed E-state index contributed by atoms with van der Waals surface area (Å²) in [6.45, 7) is 2.06. The highest BCUT2D eigenvalue weighted by molar-refractivity contribution is 7.21. The first-order valence-corrected chi connectivity index (χ1v) is 9.94. The predicted octanol–water partition coefficient (Wildman–Crippen LogP) is 4.73. The van der Waals surface area contributed by atoms with E-state index in [9.17, 15) is 9.59 Å². The number of fused-ring (bicyclic) bond motifs is 2. The number of aromatic nitrogens is 1. The summed E-state index contributed by atoms with van der Waals surface area (Å²) >= 11 is 1.65. The number of anilines is 1. The molecular formula is C22H18N2O2S. The highest BCUT2D eigenvalue weighted by Crippen LogP contribution is 2.38. The SMILES string of the molecule is Cc1ccc2sc(-c3ccc(N4C(=O)[C@H]5CC=CC[C@@H]5C4=O)cc3)nc2c1. The van der Waals surface area contributed by atoms with Crippen LogP contribution in [0, 0.1) is 18.8 Å². The van der Waals surface area contributed by atoms with E-state index >= 15 is 0 Å². The molecular weight excluding hydrogens is 356 g/mol. The van der Waals surface area contributed by atoms with Crippen LogP contribution in [0.3, 0.4) is 0 Å². The van der Waals surface area contributed by atoms with Gasteiger partial charge in [0.2, 0.25) is 11.8 Å². The second-order valence-corrected chi connectivity index (χ2v) is 8.24. The lowest BCUT2D eigenvalue weighted by molar-refractivity contribution is -0.122. The van der Waals surface area contributed by atoms with Gasteiger partial charge in [-0.05, 0) is 61.7 Å². The summed E-state index contributed by atoms with van der Waals surface area (Å²) in [6, 6.07) is 13.9. The van der Waals surface area contributed by atoms with Crippen LogP contribution in [0.2, 0.25) is 0 Å². The lowest BCUT2D eigenvalue weighted by Gasteiger charge is -2.15. The van der Waals surface area contributed by atoms with E-state index in [2.05, 4.69) is 25.1 Å². The summed E-state index contributed by atoms with van der Waals surface area (Å²) in [5, 5.41) is 0.944. The molecule has 2 aliphatic rings. The number of aryl methyl sites for hydroxylation is 1. The second kappa shape index (κ2) is 6.13. The Hall–Kier alpha value is -2.79. The molecule has 0 radical (unpaired) electrons. The third-order valence-electron chi connectivity index (χ3n) is 5.42. The molecule has 0 unspecified atom stereocenters. The molecule has 3 aromatic rings. The number of benzene rings is 2. The van der Waals surface area contributed by atoms with Gasteiger partial charge in [0.05, 0.1) is 27.7 Å². The molecule has 0 N–H and O–H groups in total. The normalized spacial score (nSPS) is 21.9. The topological polar surface area (TPSA) is 50.3 Å². The summed E-state index contributed by atoms with van der Waals surface area (Å²) in [5.74, 6) is -0.542. The van der Waals surface area contributed by atoms with Crippen LogP contribution in [0.25, 0.3) is 20.8 Å². The fourth-order valence-electron chi connectivity index (χ4n) is 3.97. The van der Waals surface area contributed by atoms with Gasteiger partial charge in [0.1, 0.15) is 5.01 Å². The predicted molar refractivity (Wildman–Crippen MR) is 108 cm³/mol. The molecule has 0 saturated carbocycles. The standard InChI is InChI=1S/C22H18N2O2S/c1-13-6-11-19-18(12-13)23-20(27-19)14-7-9-15(10-8-14)24-21(25)16-4-2-3-5-17(16)22(24)26/h2-3,6-12,16-17H,4-5H2,1H3/t16-,17-/m0/s1. The maximum atomic E-state index is 12.7. The first-order valence-electron chi connectivity index (χ1n) is 9.12. The minimum Gasteiger partial charge on any atom is -0.274 e. The molecule has 2 amide bonds. The quantitative estimate of drug-likeness (QED) is 0.481. The molecule has 2 aromatic carbocycles. The van der Waals surface area contributed by atoms with E-state index in [1.807, 2.05) is 36.4 Å². The highest BCUT2D eigenvalue weighted by atomic mass is 32.1. The van der Waals surface area contributed by atoms with E-state index in [1.54, 1.807) is 11.3 Å². The summed E-state index contributed by atoms with van der Waals surface area (Å²) in [5.41, 5.74) is 3.84. The molecule has 1 aliphatic carbocycles. The van der Waals surface area contributed by atoms with Crippen LogP contribution >= 0.6 is 11.3 Å². The summed E-state index contributed by atoms with van der Waals surface area (Å²) in [7, 11) is 0. The number of amides is 2. The van der Waals surface area contributed by atoms with Gasteiger partial charge in [-0.15, -0.1) is 11.3 Å². The Morgan fingerprint density at radius 2 is 1.63 bits per heavy atom. The van der Waals surface area contributed by atoms with Crippen molar-refractivity contribution in [2.24, 2.45) is 11.8 Å². The second-order valence-electron chi connectivity index (χ2n) is 7.20. The van der Waals surface area contributed by atoms with Crippen LogP contribution in [-0.2, 0) is 9.59 Å². The number of nitrogens with zero attached hydrogens (tertiary/aromatic N) is 2. The van der Waals surface area contributed by atoms with Gasteiger partial charge in [-0.25, -0.2) is 4.98 Å². The zero-order valence-corrected chi connectivity index (χ0v) is 15.7. The van der Waals surface area contributed by atoms with E-state index in [4.69, 9.17) is 4.98 Å².